The molecule has 86 valence electrons. The zero-order chi connectivity index (χ0) is 12.1. The van der Waals surface area contributed by atoms with E-state index in [1.165, 1.54) is 25.6 Å². The summed E-state index contributed by atoms with van der Waals surface area (Å²) in [4.78, 5) is 4.48. The second-order valence-corrected chi connectivity index (χ2v) is 5.75. The lowest BCUT2D eigenvalue weighted by Crippen LogP contribution is -1.74. The van der Waals surface area contributed by atoms with E-state index in [0.29, 0.717) is 0 Å². The standard InChI is InChI=1S/C15H8ClNS/c16-10-5-3-9-4-6-11-14-13(2-1-7-17-14)18-15(11)12(9)8-10/h1-8H. The SMILES string of the molecule is Clc1ccc2ccc3c4ncccc4sc3c2c1. The van der Waals surface area contributed by atoms with Gasteiger partial charge in [-0.15, -0.1) is 11.3 Å². The molecule has 0 N–H and O–H groups in total. The summed E-state index contributed by atoms with van der Waals surface area (Å²) in [6.45, 7) is 0. The summed E-state index contributed by atoms with van der Waals surface area (Å²) in [6, 6.07) is 14.4. The Morgan fingerprint density at radius 3 is 2.83 bits per heavy atom. The first-order chi connectivity index (χ1) is 8.83. The molecule has 0 amide bonds. The van der Waals surface area contributed by atoms with Crippen molar-refractivity contribution in [2.24, 2.45) is 0 Å². The van der Waals surface area contributed by atoms with Gasteiger partial charge in [-0.05, 0) is 29.7 Å². The van der Waals surface area contributed by atoms with Crippen molar-refractivity contribution in [3.05, 3.63) is 53.7 Å². The summed E-state index contributed by atoms with van der Waals surface area (Å²) in [6.07, 6.45) is 1.84. The maximum Gasteiger partial charge on any atom is 0.0888 e. The molecule has 0 radical (unpaired) electrons. The second-order valence-electron chi connectivity index (χ2n) is 4.26. The van der Waals surface area contributed by atoms with Crippen LogP contribution in [0.1, 0.15) is 0 Å². The summed E-state index contributed by atoms with van der Waals surface area (Å²) >= 11 is 7.89. The van der Waals surface area contributed by atoms with E-state index >= 15 is 0 Å². The van der Waals surface area contributed by atoms with Gasteiger partial charge in [-0.2, -0.15) is 0 Å². The molecule has 4 rings (SSSR count). The monoisotopic (exact) mass is 269 g/mol. The molecular formula is C15H8ClNS. The van der Waals surface area contributed by atoms with Crippen LogP contribution in [0.5, 0.6) is 0 Å². The van der Waals surface area contributed by atoms with Gasteiger partial charge in [0.2, 0.25) is 0 Å². The van der Waals surface area contributed by atoms with E-state index < -0.39 is 0 Å². The minimum atomic E-state index is 0.778. The molecule has 0 saturated carbocycles. The molecule has 0 aliphatic heterocycles. The molecular weight excluding hydrogens is 262 g/mol. The van der Waals surface area contributed by atoms with Crippen molar-refractivity contribution in [1.29, 1.82) is 0 Å². The van der Waals surface area contributed by atoms with E-state index in [9.17, 15) is 0 Å². The van der Waals surface area contributed by atoms with Crippen LogP contribution in [0, 0.1) is 0 Å². The zero-order valence-electron chi connectivity index (χ0n) is 9.35. The molecule has 0 aliphatic carbocycles. The van der Waals surface area contributed by atoms with Crippen molar-refractivity contribution in [3.8, 4) is 0 Å². The van der Waals surface area contributed by atoms with Crippen molar-refractivity contribution >= 4 is 54.0 Å². The number of rotatable bonds is 0. The predicted octanol–water partition coefficient (Wildman–Crippen LogP) is 5.26. The van der Waals surface area contributed by atoms with Crippen LogP contribution in [-0.4, -0.2) is 4.98 Å². The first-order valence-electron chi connectivity index (χ1n) is 5.68. The van der Waals surface area contributed by atoms with E-state index in [1.54, 1.807) is 11.3 Å². The second kappa shape index (κ2) is 3.67. The van der Waals surface area contributed by atoms with E-state index in [-0.39, 0.29) is 0 Å². The molecule has 1 nitrogen and oxygen atoms in total. The number of aromatic nitrogens is 1. The van der Waals surface area contributed by atoms with Crippen LogP contribution < -0.4 is 0 Å². The molecule has 0 fully saturated rings. The smallest absolute Gasteiger partial charge is 0.0888 e. The first-order valence-corrected chi connectivity index (χ1v) is 6.88. The van der Waals surface area contributed by atoms with Crippen molar-refractivity contribution in [2.75, 3.05) is 0 Å². The molecule has 0 bridgehead atoms. The minimum absolute atomic E-state index is 0.778. The van der Waals surface area contributed by atoms with Gasteiger partial charge < -0.3 is 0 Å². The van der Waals surface area contributed by atoms with Gasteiger partial charge in [-0.1, -0.05) is 29.8 Å². The first kappa shape index (κ1) is 10.3. The molecule has 2 aromatic heterocycles. The molecule has 3 heteroatoms. The van der Waals surface area contributed by atoms with Crippen LogP contribution in [0.4, 0.5) is 0 Å². The minimum Gasteiger partial charge on any atom is -0.255 e. The van der Waals surface area contributed by atoms with Gasteiger partial charge in [0.15, 0.2) is 0 Å². The lowest BCUT2D eigenvalue weighted by molar-refractivity contribution is 1.44. The number of pyridine rings is 1. The van der Waals surface area contributed by atoms with Crippen molar-refractivity contribution in [2.45, 2.75) is 0 Å². The van der Waals surface area contributed by atoms with Crippen molar-refractivity contribution < 1.29 is 0 Å². The molecule has 0 saturated heterocycles. The summed E-state index contributed by atoms with van der Waals surface area (Å²) in [5, 5.41) is 4.42. The molecule has 0 atom stereocenters. The summed E-state index contributed by atoms with van der Waals surface area (Å²) in [5.74, 6) is 0. The maximum absolute atomic E-state index is 6.11. The lowest BCUT2D eigenvalue weighted by atomic mass is 10.1. The molecule has 0 unspecified atom stereocenters. The highest BCUT2D eigenvalue weighted by Gasteiger charge is 2.08. The maximum atomic E-state index is 6.11. The predicted molar refractivity (Wildman–Crippen MR) is 79.6 cm³/mol. The molecule has 0 spiro atoms. The highest BCUT2D eigenvalue weighted by atomic mass is 35.5. The molecule has 2 heterocycles. The fourth-order valence-corrected chi connectivity index (χ4v) is 3.71. The van der Waals surface area contributed by atoms with Crippen LogP contribution in [0.3, 0.4) is 0 Å². The van der Waals surface area contributed by atoms with Gasteiger partial charge in [-0.25, -0.2) is 0 Å². The molecule has 2 aromatic carbocycles. The highest BCUT2D eigenvalue weighted by molar-refractivity contribution is 7.26. The number of hydrogen-bond donors (Lipinski definition) is 0. The Balaban J connectivity index is 2.31. The van der Waals surface area contributed by atoms with Gasteiger partial charge in [0.25, 0.3) is 0 Å². The Hall–Kier alpha value is -1.64. The Kier molecular flexibility index (Phi) is 2.10. The van der Waals surface area contributed by atoms with Crippen molar-refractivity contribution in [3.63, 3.8) is 0 Å². The number of fused-ring (bicyclic) bond motifs is 5. The third kappa shape index (κ3) is 1.36. The van der Waals surface area contributed by atoms with E-state index in [1.807, 2.05) is 24.4 Å². The average Bonchev–Trinajstić information content (AvgIpc) is 2.78. The zero-order valence-corrected chi connectivity index (χ0v) is 10.9. The Morgan fingerprint density at radius 1 is 1.00 bits per heavy atom. The normalized spacial score (nSPS) is 11.6. The molecule has 0 aliphatic rings. The molecule has 18 heavy (non-hydrogen) atoms. The van der Waals surface area contributed by atoms with Gasteiger partial charge in [-0.3, -0.25) is 4.98 Å². The van der Waals surface area contributed by atoms with E-state index in [2.05, 4.69) is 29.2 Å². The lowest BCUT2D eigenvalue weighted by Gasteiger charge is -1.99. The largest absolute Gasteiger partial charge is 0.255 e. The van der Waals surface area contributed by atoms with Crippen LogP contribution in [0.15, 0.2) is 48.7 Å². The Morgan fingerprint density at radius 2 is 1.89 bits per heavy atom. The van der Waals surface area contributed by atoms with Crippen LogP contribution in [-0.2, 0) is 0 Å². The van der Waals surface area contributed by atoms with Gasteiger partial charge in [0.1, 0.15) is 0 Å². The summed E-state index contributed by atoms with van der Waals surface area (Å²) < 4.78 is 2.49. The fraction of sp³-hybridized carbons (Fsp3) is 0. The van der Waals surface area contributed by atoms with Gasteiger partial charge >= 0.3 is 0 Å². The Bertz CT molecular complexity index is 895. The quantitative estimate of drug-likeness (QED) is 0.424. The number of nitrogens with zero attached hydrogens (tertiary/aromatic N) is 1. The number of hydrogen-bond acceptors (Lipinski definition) is 2. The topological polar surface area (TPSA) is 12.9 Å². The fourth-order valence-electron chi connectivity index (χ4n) is 2.35. The van der Waals surface area contributed by atoms with Crippen LogP contribution in [0.2, 0.25) is 5.02 Å². The van der Waals surface area contributed by atoms with Crippen LogP contribution in [0.25, 0.3) is 31.1 Å². The van der Waals surface area contributed by atoms with Crippen LogP contribution >= 0.6 is 22.9 Å². The van der Waals surface area contributed by atoms with Gasteiger partial charge in [0, 0.05) is 26.7 Å². The number of benzene rings is 2. The molecule has 4 aromatic rings. The number of halogens is 1. The average molecular weight is 270 g/mol. The van der Waals surface area contributed by atoms with Crippen molar-refractivity contribution in [1.82, 2.24) is 4.98 Å². The van der Waals surface area contributed by atoms with E-state index in [0.717, 1.165) is 10.5 Å². The Labute approximate surface area is 113 Å². The number of thiophene rings is 1. The van der Waals surface area contributed by atoms with Gasteiger partial charge in [0.05, 0.1) is 10.2 Å². The third-order valence-corrected chi connectivity index (χ3v) is 4.60. The highest BCUT2D eigenvalue weighted by Crippen LogP contribution is 2.37. The summed E-state index contributed by atoms with van der Waals surface area (Å²) in [5.41, 5.74) is 1.08. The third-order valence-electron chi connectivity index (χ3n) is 3.17. The van der Waals surface area contributed by atoms with E-state index in [4.69, 9.17) is 11.6 Å². The summed E-state index contributed by atoms with van der Waals surface area (Å²) in [7, 11) is 0.